The second-order valence-corrected chi connectivity index (χ2v) is 8.86. The van der Waals surface area contributed by atoms with E-state index in [0.717, 1.165) is 75.3 Å². The molecule has 4 rings (SSSR count). The van der Waals surface area contributed by atoms with E-state index < -0.39 is 5.91 Å². The van der Waals surface area contributed by atoms with Crippen LogP contribution in [-0.4, -0.2) is 87.4 Å². The number of likely N-dealkylation sites (tertiary alicyclic amines) is 1. The van der Waals surface area contributed by atoms with E-state index in [1.54, 1.807) is 7.11 Å². The number of nitrogens with two attached hydrogens (primary N) is 1. The van der Waals surface area contributed by atoms with Crippen molar-refractivity contribution in [3.8, 4) is 5.75 Å². The highest BCUT2D eigenvalue weighted by molar-refractivity contribution is 6.19. The molecule has 3 heterocycles. The molecule has 3 saturated heterocycles. The third-order valence-electron chi connectivity index (χ3n) is 7.21. The Hall–Kier alpha value is -2.09. The highest BCUT2D eigenvalue weighted by atomic mass is 16.5. The van der Waals surface area contributed by atoms with Crippen molar-refractivity contribution in [1.29, 1.82) is 0 Å². The van der Waals surface area contributed by atoms with Gasteiger partial charge in [0.1, 0.15) is 5.75 Å². The highest BCUT2D eigenvalue weighted by Gasteiger charge is 2.31. The molecule has 1 aromatic rings. The molecule has 0 radical (unpaired) electrons. The number of hydrogen-bond acceptors (Lipinski definition) is 6. The molecule has 0 saturated carbocycles. The van der Waals surface area contributed by atoms with Gasteiger partial charge in [0.15, 0.2) is 0 Å². The minimum absolute atomic E-state index is 0.352. The Kier molecular flexibility index (Phi) is 7.15. The summed E-state index contributed by atoms with van der Waals surface area (Å²) in [6.45, 7) is 12.1. The number of hydrogen-bond donors (Lipinski definition) is 1. The number of morpholine rings is 1. The van der Waals surface area contributed by atoms with Gasteiger partial charge in [-0.25, -0.2) is 0 Å². The van der Waals surface area contributed by atoms with E-state index in [0.29, 0.717) is 11.6 Å². The van der Waals surface area contributed by atoms with E-state index in [9.17, 15) is 4.79 Å². The van der Waals surface area contributed by atoms with E-state index in [-0.39, 0.29) is 0 Å². The van der Waals surface area contributed by atoms with Gasteiger partial charge in [-0.2, -0.15) is 0 Å². The Morgan fingerprint density at radius 2 is 1.58 bits per heavy atom. The number of primary amides is 1. The van der Waals surface area contributed by atoms with E-state index in [1.807, 2.05) is 18.2 Å². The molecule has 3 fully saturated rings. The lowest BCUT2D eigenvalue weighted by molar-refractivity contribution is -0.112. The lowest BCUT2D eigenvalue weighted by Gasteiger charge is -2.45. The molecule has 0 aliphatic carbocycles. The third kappa shape index (κ3) is 5.05. The van der Waals surface area contributed by atoms with Crippen LogP contribution in [0, 0.1) is 0 Å². The minimum atomic E-state index is -0.482. The van der Waals surface area contributed by atoms with Gasteiger partial charge in [0, 0.05) is 61.2 Å². The monoisotopic (exact) mass is 428 g/mol. The maximum atomic E-state index is 11.7. The summed E-state index contributed by atoms with van der Waals surface area (Å²) in [5, 5.41) is 0. The third-order valence-corrected chi connectivity index (χ3v) is 7.21. The average Bonchev–Trinajstić information content (AvgIpc) is 2.84. The van der Waals surface area contributed by atoms with Gasteiger partial charge in [0.2, 0.25) is 5.91 Å². The van der Waals surface area contributed by atoms with Crippen LogP contribution < -0.4 is 15.4 Å². The summed E-state index contributed by atoms with van der Waals surface area (Å²) in [4.78, 5) is 19.4. The van der Waals surface area contributed by atoms with E-state index in [4.69, 9.17) is 15.2 Å². The predicted octanol–water partition coefficient (Wildman–Crippen LogP) is 1.96. The van der Waals surface area contributed by atoms with Gasteiger partial charge < -0.3 is 25.0 Å². The molecule has 3 aliphatic heterocycles. The average molecular weight is 429 g/mol. The van der Waals surface area contributed by atoms with E-state index in [2.05, 4.69) is 21.3 Å². The number of ether oxygens (including phenoxy) is 2. The van der Waals surface area contributed by atoms with Crippen molar-refractivity contribution in [3.05, 3.63) is 30.3 Å². The molecular weight excluding hydrogens is 392 g/mol. The molecule has 0 spiro atoms. The molecular formula is C24H36N4O3. The van der Waals surface area contributed by atoms with E-state index in [1.165, 1.54) is 25.9 Å². The molecule has 7 nitrogen and oxygen atoms in total. The molecule has 3 aliphatic rings. The fourth-order valence-electron chi connectivity index (χ4n) is 5.32. The molecule has 7 heteroatoms. The number of nitrogens with zero attached hydrogens (tertiary/aromatic N) is 3. The molecule has 31 heavy (non-hydrogen) atoms. The van der Waals surface area contributed by atoms with Crippen LogP contribution in [0.5, 0.6) is 5.75 Å². The minimum Gasteiger partial charge on any atom is -0.497 e. The predicted molar refractivity (Wildman–Crippen MR) is 123 cm³/mol. The van der Waals surface area contributed by atoms with Crippen molar-refractivity contribution in [2.45, 2.75) is 37.8 Å². The Morgan fingerprint density at radius 1 is 1.00 bits per heavy atom. The largest absolute Gasteiger partial charge is 0.497 e. The van der Waals surface area contributed by atoms with Gasteiger partial charge >= 0.3 is 0 Å². The van der Waals surface area contributed by atoms with E-state index >= 15 is 0 Å². The standard InChI is InChI=1S/C24H36N4O3/c1-18(24(25)29)22-4-3-21(30-2)17-23(22)28-11-7-19(8-12-28)26-9-5-20(6-10-26)27-13-15-31-16-14-27/h3-4,17,19-20H,1,5-16H2,2H3,(H2,25,29). The zero-order valence-electron chi connectivity index (χ0n) is 18.7. The van der Waals surface area contributed by atoms with Crippen LogP contribution in [0.2, 0.25) is 0 Å². The fourth-order valence-corrected chi connectivity index (χ4v) is 5.32. The molecule has 0 aromatic heterocycles. The van der Waals surface area contributed by atoms with Crippen molar-refractivity contribution < 1.29 is 14.3 Å². The van der Waals surface area contributed by atoms with Crippen LogP contribution in [0.1, 0.15) is 31.2 Å². The number of benzene rings is 1. The van der Waals surface area contributed by atoms with Crippen molar-refractivity contribution in [1.82, 2.24) is 9.80 Å². The molecule has 1 amide bonds. The molecule has 1 aromatic carbocycles. The topological polar surface area (TPSA) is 71.3 Å². The van der Waals surface area contributed by atoms with Gasteiger partial charge in [-0.05, 0) is 50.9 Å². The zero-order chi connectivity index (χ0) is 21.8. The lowest BCUT2D eigenvalue weighted by atomic mass is 9.95. The maximum Gasteiger partial charge on any atom is 0.248 e. The summed E-state index contributed by atoms with van der Waals surface area (Å²) in [6.07, 6.45) is 4.78. The van der Waals surface area contributed by atoms with Gasteiger partial charge in [0.25, 0.3) is 0 Å². The van der Waals surface area contributed by atoms with Crippen molar-refractivity contribution >= 4 is 17.2 Å². The molecule has 170 valence electrons. The summed E-state index contributed by atoms with van der Waals surface area (Å²) in [7, 11) is 1.66. The maximum absolute atomic E-state index is 11.7. The Morgan fingerprint density at radius 3 is 2.16 bits per heavy atom. The van der Waals surface area contributed by atoms with Gasteiger partial charge in [-0.1, -0.05) is 6.58 Å². The van der Waals surface area contributed by atoms with Gasteiger partial charge in [-0.3, -0.25) is 9.69 Å². The quantitative estimate of drug-likeness (QED) is 0.699. The van der Waals surface area contributed by atoms with Gasteiger partial charge in [-0.15, -0.1) is 0 Å². The normalized spacial score (nSPS) is 22.4. The number of carbonyl (C=O) groups excluding carboxylic acids is 1. The van der Waals surface area contributed by atoms with Crippen LogP contribution in [-0.2, 0) is 9.53 Å². The molecule has 0 bridgehead atoms. The van der Waals surface area contributed by atoms with Crippen LogP contribution >= 0.6 is 0 Å². The summed E-state index contributed by atoms with van der Waals surface area (Å²) in [6, 6.07) is 7.11. The number of methoxy groups -OCH3 is 1. The van der Waals surface area contributed by atoms with Crippen LogP contribution in [0.15, 0.2) is 24.8 Å². The zero-order valence-corrected chi connectivity index (χ0v) is 18.7. The summed E-state index contributed by atoms with van der Waals surface area (Å²) in [5.41, 5.74) is 7.67. The Balaban J connectivity index is 1.35. The van der Waals surface area contributed by atoms with Crippen molar-refractivity contribution in [3.63, 3.8) is 0 Å². The number of carbonyl (C=O) groups is 1. The summed E-state index contributed by atoms with van der Waals surface area (Å²) < 4.78 is 10.9. The molecule has 0 unspecified atom stereocenters. The molecule has 2 N–H and O–H groups in total. The SMILES string of the molecule is C=C(C(N)=O)c1ccc(OC)cc1N1CCC(N2CCC(N3CCOCC3)CC2)CC1. The number of anilines is 1. The van der Waals surface area contributed by atoms with Gasteiger partial charge in [0.05, 0.1) is 20.3 Å². The fraction of sp³-hybridized carbons (Fsp3) is 0.625. The first-order chi connectivity index (χ1) is 15.1. The summed E-state index contributed by atoms with van der Waals surface area (Å²) in [5.74, 6) is 0.299. The smallest absolute Gasteiger partial charge is 0.248 e. The number of piperidine rings is 2. The summed E-state index contributed by atoms with van der Waals surface area (Å²) >= 11 is 0. The molecule has 0 atom stereocenters. The first-order valence-corrected chi connectivity index (χ1v) is 11.5. The highest BCUT2D eigenvalue weighted by Crippen LogP contribution is 2.33. The Bertz CT molecular complexity index is 777. The van der Waals surface area contributed by atoms with Crippen LogP contribution in [0.25, 0.3) is 5.57 Å². The number of rotatable bonds is 6. The second kappa shape index (κ2) is 10.0. The first kappa shape index (κ1) is 22.1. The lowest BCUT2D eigenvalue weighted by Crippen LogP contribution is -2.52. The first-order valence-electron chi connectivity index (χ1n) is 11.5. The van der Waals surface area contributed by atoms with Crippen molar-refractivity contribution in [2.75, 3.05) is 64.5 Å². The van der Waals surface area contributed by atoms with Crippen LogP contribution in [0.4, 0.5) is 5.69 Å². The Labute approximate surface area is 185 Å². The number of amides is 1. The van der Waals surface area contributed by atoms with Crippen LogP contribution in [0.3, 0.4) is 0 Å². The second-order valence-electron chi connectivity index (χ2n) is 8.86. The van der Waals surface area contributed by atoms with Crippen molar-refractivity contribution in [2.24, 2.45) is 5.73 Å².